The molecule has 0 saturated heterocycles. The van der Waals surface area contributed by atoms with Crippen LogP contribution in [0.15, 0.2) is 0 Å². The highest BCUT2D eigenvalue weighted by atomic mass is 16.5. The van der Waals surface area contributed by atoms with E-state index < -0.39 is 23.5 Å². The number of rotatable bonds is 7. The smallest absolute Gasteiger partial charge is 0.317 e. The van der Waals surface area contributed by atoms with E-state index in [1.807, 2.05) is 0 Å². The van der Waals surface area contributed by atoms with Crippen molar-refractivity contribution in [1.29, 1.82) is 0 Å². The largest absolute Gasteiger partial charge is 0.481 e. The lowest BCUT2D eigenvalue weighted by molar-refractivity contribution is -0.143. The minimum Gasteiger partial charge on any atom is -0.481 e. The topological polar surface area (TPSA) is 99.1 Å². The van der Waals surface area contributed by atoms with Gasteiger partial charge in [-0.25, -0.2) is 4.79 Å². The van der Waals surface area contributed by atoms with Gasteiger partial charge in [0.2, 0.25) is 0 Å². The fourth-order valence-corrected chi connectivity index (χ4v) is 1.64. The first-order valence-corrected chi connectivity index (χ1v) is 5.80. The van der Waals surface area contributed by atoms with Gasteiger partial charge < -0.3 is 25.2 Å². The molecule has 1 aliphatic carbocycles. The molecule has 1 rings (SSSR count). The molecule has 0 heterocycles. The van der Waals surface area contributed by atoms with Crippen molar-refractivity contribution in [2.75, 3.05) is 33.9 Å². The first-order valence-electron chi connectivity index (χ1n) is 5.80. The molecular weight excluding hydrogens is 240 g/mol. The van der Waals surface area contributed by atoms with Gasteiger partial charge in [0.05, 0.1) is 24.7 Å². The third-order valence-electron chi connectivity index (χ3n) is 3.08. The summed E-state index contributed by atoms with van der Waals surface area (Å²) in [6.45, 7) is 0.419. The zero-order valence-corrected chi connectivity index (χ0v) is 10.7. The van der Waals surface area contributed by atoms with Crippen LogP contribution in [0.1, 0.15) is 12.8 Å². The molecule has 0 bridgehead atoms. The number of carboxylic acids is 1. The minimum atomic E-state index is -0.870. The van der Waals surface area contributed by atoms with E-state index in [-0.39, 0.29) is 19.7 Å². The number of carbonyl (C=O) groups excluding carboxylic acids is 1. The van der Waals surface area contributed by atoms with E-state index in [1.54, 1.807) is 0 Å². The molecule has 0 aromatic rings. The number of hydrogen-bond acceptors (Lipinski definition) is 4. The number of aliphatic hydroxyl groups excluding tert-OH is 1. The molecular formula is C11H20N2O5. The summed E-state index contributed by atoms with van der Waals surface area (Å²) in [4.78, 5) is 23.9. The maximum absolute atomic E-state index is 11.6. The molecule has 1 unspecified atom stereocenters. The van der Waals surface area contributed by atoms with Crippen molar-refractivity contribution in [2.24, 2.45) is 5.41 Å². The van der Waals surface area contributed by atoms with Crippen LogP contribution in [0, 0.1) is 5.41 Å². The third kappa shape index (κ3) is 3.85. The molecule has 0 aromatic heterocycles. The van der Waals surface area contributed by atoms with E-state index in [2.05, 4.69) is 5.32 Å². The van der Waals surface area contributed by atoms with Crippen LogP contribution in [0.3, 0.4) is 0 Å². The standard InChI is InChI=1S/C11H20N2O5/c1-13(5-8(14)6-18-2)10(17)12-7-11(3-4-11)9(15)16/h8,14H,3-7H2,1-2H3,(H,12,17)(H,15,16). The number of aliphatic hydroxyl groups is 1. The van der Waals surface area contributed by atoms with Gasteiger partial charge in [0, 0.05) is 20.7 Å². The van der Waals surface area contributed by atoms with Crippen LogP contribution in [0.4, 0.5) is 4.79 Å². The molecule has 3 N–H and O–H groups in total. The van der Waals surface area contributed by atoms with Crippen LogP contribution < -0.4 is 5.32 Å². The number of ether oxygens (including phenoxy) is 1. The second kappa shape index (κ2) is 6.01. The number of likely N-dealkylation sites (N-methyl/N-ethyl adjacent to an activating group) is 1. The lowest BCUT2D eigenvalue weighted by Crippen LogP contribution is -2.45. The normalized spacial score (nSPS) is 17.9. The van der Waals surface area contributed by atoms with Gasteiger partial charge in [-0.15, -0.1) is 0 Å². The predicted octanol–water partition coefficient (Wildman–Crippen LogP) is -0.500. The van der Waals surface area contributed by atoms with E-state index in [1.165, 1.54) is 19.1 Å². The Kier molecular flexibility index (Phi) is 4.92. The molecule has 1 atom stereocenters. The Bertz CT molecular complexity index is 317. The molecule has 7 heteroatoms. The molecule has 0 radical (unpaired) electrons. The summed E-state index contributed by atoms with van der Waals surface area (Å²) < 4.78 is 4.75. The lowest BCUT2D eigenvalue weighted by atomic mass is 10.1. The fourth-order valence-electron chi connectivity index (χ4n) is 1.64. The number of methoxy groups -OCH3 is 1. The van der Waals surface area contributed by atoms with Gasteiger partial charge in [-0.1, -0.05) is 0 Å². The number of urea groups is 1. The number of hydrogen-bond donors (Lipinski definition) is 3. The molecule has 2 amide bonds. The van der Waals surface area contributed by atoms with Crippen LogP contribution in [0.2, 0.25) is 0 Å². The van der Waals surface area contributed by atoms with Crippen LogP contribution in [-0.2, 0) is 9.53 Å². The van der Waals surface area contributed by atoms with Crippen LogP contribution in [0.25, 0.3) is 0 Å². The number of nitrogens with zero attached hydrogens (tertiary/aromatic N) is 1. The maximum Gasteiger partial charge on any atom is 0.317 e. The molecule has 0 aromatic carbocycles. The number of nitrogens with one attached hydrogen (secondary N) is 1. The lowest BCUT2D eigenvalue weighted by Gasteiger charge is -2.22. The number of carbonyl (C=O) groups is 2. The van der Waals surface area contributed by atoms with Crippen molar-refractivity contribution in [3.05, 3.63) is 0 Å². The van der Waals surface area contributed by atoms with Crippen molar-refractivity contribution < 1.29 is 24.5 Å². The van der Waals surface area contributed by atoms with Gasteiger partial charge in [0.1, 0.15) is 0 Å². The maximum atomic E-state index is 11.6. The van der Waals surface area contributed by atoms with E-state index in [9.17, 15) is 14.7 Å². The molecule has 104 valence electrons. The first-order chi connectivity index (χ1) is 8.41. The Morgan fingerprint density at radius 1 is 1.50 bits per heavy atom. The number of aliphatic carboxylic acids is 1. The van der Waals surface area contributed by atoms with Crippen molar-refractivity contribution in [3.63, 3.8) is 0 Å². The molecule has 7 nitrogen and oxygen atoms in total. The third-order valence-corrected chi connectivity index (χ3v) is 3.08. The summed E-state index contributed by atoms with van der Waals surface area (Å²) in [6, 6.07) is -0.391. The van der Waals surface area contributed by atoms with E-state index in [4.69, 9.17) is 9.84 Å². The quantitative estimate of drug-likeness (QED) is 0.573. The van der Waals surface area contributed by atoms with Gasteiger partial charge in [0.25, 0.3) is 0 Å². The van der Waals surface area contributed by atoms with Crippen molar-refractivity contribution >= 4 is 12.0 Å². The Labute approximate surface area is 106 Å². The fraction of sp³-hybridized carbons (Fsp3) is 0.818. The average Bonchev–Trinajstić information content (AvgIpc) is 3.07. The van der Waals surface area contributed by atoms with E-state index >= 15 is 0 Å². The summed E-state index contributed by atoms with van der Waals surface area (Å²) in [5.41, 5.74) is -0.776. The Hall–Kier alpha value is -1.34. The summed E-state index contributed by atoms with van der Waals surface area (Å²) in [6.07, 6.45) is 0.442. The van der Waals surface area contributed by atoms with Crippen molar-refractivity contribution in [2.45, 2.75) is 18.9 Å². The summed E-state index contributed by atoms with van der Waals surface area (Å²) in [5.74, 6) is -0.870. The summed E-state index contributed by atoms with van der Waals surface area (Å²) >= 11 is 0. The highest BCUT2D eigenvalue weighted by Crippen LogP contribution is 2.45. The zero-order chi connectivity index (χ0) is 13.8. The van der Waals surface area contributed by atoms with Crippen LogP contribution in [-0.4, -0.2) is 67.1 Å². The molecule has 1 aliphatic rings. The number of carboxylic acid groups (broad SMARTS) is 1. The monoisotopic (exact) mass is 260 g/mol. The molecule has 0 aliphatic heterocycles. The number of amides is 2. The van der Waals surface area contributed by atoms with Crippen LogP contribution in [0.5, 0.6) is 0 Å². The second-order valence-electron chi connectivity index (χ2n) is 4.73. The molecule has 1 fully saturated rings. The summed E-state index contributed by atoms with van der Waals surface area (Å²) in [5, 5.41) is 21.0. The van der Waals surface area contributed by atoms with Gasteiger partial charge >= 0.3 is 12.0 Å². The average molecular weight is 260 g/mol. The van der Waals surface area contributed by atoms with Crippen molar-refractivity contribution in [3.8, 4) is 0 Å². The Morgan fingerprint density at radius 2 is 2.11 bits per heavy atom. The molecule has 18 heavy (non-hydrogen) atoms. The van der Waals surface area contributed by atoms with Crippen LogP contribution >= 0.6 is 0 Å². The Morgan fingerprint density at radius 3 is 2.56 bits per heavy atom. The van der Waals surface area contributed by atoms with Gasteiger partial charge in [-0.05, 0) is 12.8 Å². The Balaban J connectivity index is 2.30. The van der Waals surface area contributed by atoms with Crippen molar-refractivity contribution in [1.82, 2.24) is 10.2 Å². The van der Waals surface area contributed by atoms with Gasteiger partial charge in [-0.2, -0.15) is 0 Å². The summed E-state index contributed by atoms with van der Waals surface area (Å²) in [7, 11) is 3.00. The predicted molar refractivity (Wildman–Crippen MR) is 63.2 cm³/mol. The van der Waals surface area contributed by atoms with E-state index in [0.29, 0.717) is 12.8 Å². The minimum absolute atomic E-state index is 0.131. The van der Waals surface area contributed by atoms with E-state index in [0.717, 1.165) is 0 Å². The van der Waals surface area contributed by atoms with Gasteiger partial charge in [0.15, 0.2) is 0 Å². The molecule has 1 saturated carbocycles. The van der Waals surface area contributed by atoms with Gasteiger partial charge in [-0.3, -0.25) is 4.79 Å². The first kappa shape index (κ1) is 14.7. The zero-order valence-electron chi connectivity index (χ0n) is 10.7. The highest BCUT2D eigenvalue weighted by Gasteiger charge is 2.50. The SMILES string of the molecule is COCC(O)CN(C)C(=O)NCC1(C(=O)O)CC1. The molecule has 0 spiro atoms. The second-order valence-corrected chi connectivity index (χ2v) is 4.73. The highest BCUT2D eigenvalue weighted by molar-refractivity contribution is 5.80.